The van der Waals surface area contributed by atoms with Crippen molar-refractivity contribution in [3.8, 4) is 0 Å². The molecule has 0 aromatic carbocycles. The van der Waals surface area contributed by atoms with Crippen LogP contribution in [-0.2, 0) is 0 Å². The summed E-state index contributed by atoms with van der Waals surface area (Å²) in [6.45, 7) is 10.7. The van der Waals surface area contributed by atoms with Gasteiger partial charge in [-0.05, 0) is 56.6 Å². The van der Waals surface area contributed by atoms with Crippen molar-refractivity contribution in [3.05, 3.63) is 0 Å². The zero-order chi connectivity index (χ0) is 13.0. The fraction of sp³-hybridized carbons (Fsp3) is 1.00. The van der Waals surface area contributed by atoms with Gasteiger partial charge in [0.25, 0.3) is 0 Å². The van der Waals surface area contributed by atoms with E-state index in [-0.39, 0.29) is 0 Å². The standard InChI is InChI=1S/C15H30N2S/c1-4-15(3)12-17(9-6-10-18-5-2)14(11-16-15)13-7-8-13/h13-14,16H,4-12H2,1-3H3. The molecule has 2 nitrogen and oxygen atoms in total. The molecule has 2 unspecified atom stereocenters. The van der Waals surface area contributed by atoms with E-state index < -0.39 is 0 Å². The molecule has 2 atom stereocenters. The van der Waals surface area contributed by atoms with Gasteiger partial charge in [0.05, 0.1) is 0 Å². The number of nitrogens with one attached hydrogen (secondary N) is 1. The lowest BCUT2D eigenvalue weighted by atomic mass is 9.92. The fourth-order valence-corrected chi connectivity index (χ4v) is 3.66. The Labute approximate surface area is 117 Å². The number of hydrogen-bond acceptors (Lipinski definition) is 3. The summed E-state index contributed by atoms with van der Waals surface area (Å²) in [5.74, 6) is 3.60. The minimum absolute atomic E-state index is 0.350. The largest absolute Gasteiger partial charge is 0.309 e. The Balaban J connectivity index is 1.84. The number of nitrogens with zero attached hydrogens (tertiary/aromatic N) is 1. The number of hydrogen-bond donors (Lipinski definition) is 1. The average Bonchev–Trinajstić information content (AvgIpc) is 3.19. The molecule has 2 fully saturated rings. The van der Waals surface area contributed by atoms with Gasteiger partial charge in [0.1, 0.15) is 0 Å². The van der Waals surface area contributed by atoms with Crippen molar-refractivity contribution in [1.29, 1.82) is 0 Å². The Hall–Kier alpha value is 0.270. The van der Waals surface area contributed by atoms with Crippen LogP contribution in [0.2, 0.25) is 0 Å². The molecule has 1 aliphatic heterocycles. The van der Waals surface area contributed by atoms with Gasteiger partial charge in [0, 0.05) is 24.7 Å². The molecule has 1 N–H and O–H groups in total. The molecule has 1 heterocycles. The van der Waals surface area contributed by atoms with Gasteiger partial charge in [-0.2, -0.15) is 11.8 Å². The van der Waals surface area contributed by atoms with E-state index in [1.165, 1.54) is 56.8 Å². The first-order valence-corrected chi connectivity index (χ1v) is 8.91. The summed E-state index contributed by atoms with van der Waals surface area (Å²) in [5, 5.41) is 3.80. The maximum absolute atomic E-state index is 3.80. The van der Waals surface area contributed by atoms with E-state index in [0.717, 1.165) is 12.0 Å². The number of thioether (sulfide) groups is 1. The summed E-state index contributed by atoms with van der Waals surface area (Å²) < 4.78 is 0. The van der Waals surface area contributed by atoms with Crippen LogP contribution in [0.4, 0.5) is 0 Å². The summed E-state index contributed by atoms with van der Waals surface area (Å²) in [7, 11) is 0. The van der Waals surface area contributed by atoms with Gasteiger partial charge >= 0.3 is 0 Å². The molecule has 18 heavy (non-hydrogen) atoms. The van der Waals surface area contributed by atoms with Gasteiger partial charge < -0.3 is 5.32 Å². The minimum Gasteiger partial charge on any atom is -0.309 e. The lowest BCUT2D eigenvalue weighted by molar-refractivity contribution is 0.0732. The molecule has 0 radical (unpaired) electrons. The van der Waals surface area contributed by atoms with Crippen LogP contribution in [0.15, 0.2) is 0 Å². The normalized spacial score (nSPS) is 33.8. The smallest absolute Gasteiger partial charge is 0.0278 e. The van der Waals surface area contributed by atoms with E-state index in [9.17, 15) is 0 Å². The molecular formula is C15H30N2S. The van der Waals surface area contributed by atoms with Crippen molar-refractivity contribution in [2.45, 2.75) is 58.0 Å². The summed E-state index contributed by atoms with van der Waals surface area (Å²) in [5.41, 5.74) is 0.350. The van der Waals surface area contributed by atoms with Crippen molar-refractivity contribution in [2.24, 2.45) is 5.92 Å². The van der Waals surface area contributed by atoms with E-state index in [0.29, 0.717) is 5.54 Å². The van der Waals surface area contributed by atoms with Crippen LogP contribution >= 0.6 is 11.8 Å². The predicted molar refractivity (Wildman–Crippen MR) is 82.4 cm³/mol. The monoisotopic (exact) mass is 270 g/mol. The molecule has 106 valence electrons. The van der Waals surface area contributed by atoms with E-state index in [2.05, 4.69) is 42.7 Å². The molecule has 2 rings (SSSR count). The van der Waals surface area contributed by atoms with Gasteiger partial charge in [0.2, 0.25) is 0 Å². The Bertz CT molecular complexity index is 255. The highest BCUT2D eigenvalue weighted by Gasteiger charge is 2.41. The molecule has 1 aliphatic carbocycles. The van der Waals surface area contributed by atoms with Crippen molar-refractivity contribution >= 4 is 11.8 Å². The fourth-order valence-electron chi connectivity index (χ4n) is 3.04. The summed E-state index contributed by atoms with van der Waals surface area (Å²) in [6.07, 6.45) is 5.54. The molecule has 0 bridgehead atoms. The SMILES string of the molecule is CCSCCCN1CC(C)(CC)NCC1C1CC1. The molecule has 0 aromatic heterocycles. The van der Waals surface area contributed by atoms with E-state index in [1.54, 1.807) is 0 Å². The van der Waals surface area contributed by atoms with E-state index >= 15 is 0 Å². The van der Waals surface area contributed by atoms with Crippen LogP contribution in [-0.4, -0.2) is 47.6 Å². The van der Waals surface area contributed by atoms with Gasteiger partial charge in [-0.15, -0.1) is 0 Å². The first-order valence-electron chi connectivity index (χ1n) is 7.75. The minimum atomic E-state index is 0.350. The highest BCUT2D eigenvalue weighted by Crippen LogP contribution is 2.37. The highest BCUT2D eigenvalue weighted by atomic mass is 32.2. The van der Waals surface area contributed by atoms with E-state index in [1.807, 2.05) is 0 Å². The molecule has 3 heteroatoms. The van der Waals surface area contributed by atoms with Crippen molar-refractivity contribution in [3.63, 3.8) is 0 Å². The van der Waals surface area contributed by atoms with Crippen LogP contribution in [0.25, 0.3) is 0 Å². The summed E-state index contributed by atoms with van der Waals surface area (Å²) in [6, 6.07) is 0.830. The van der Waals surface area contributed by atoms with Crippen molar-refractivity contribution < 1.29 is 0 Å². The Morgan fingerprint density at radius 2 is 2.11 bits per heavy atom. The van der Waals surface area contributed by atoms with E-state index in [4.69, 9.17) is 0 Å². The molecule has 2 aliphatic rings. The topological polar surface area (TPSA) is 15.3 Å². The molecule has 0 aromatic rings. The zero-order valence-corrected chi connectivity index (χ0v) is 13.2. The van der Waals surface area contributed by atoms with Crippen LogP contribution in [0.3, 0.4) is 0 Å². The molecule has 1 saturated heterocycles. The Kier molecular flexibility index (Phi) is 5.40. The third-order valence-corrected chi connectivity index (χ3v) is 5.63. The van der Waals surface area contributed by atoms with Crippen LogP contribution in [0, 0.1) is 5.92 Å². The van der Waals surface area contributed by atoms with Crippen LogP contribution < -0.4 is 5.32 Å². The second-order valence-electron chi connectivity index (χ2n) is 6.22. The van der Waals surface area contributed by atoms with Gasteiger partial charge in [-0.3, -0.25) is 4.90 Å². The van der Waals surface area contributed by atoms with Gasteiger partial charge in [-0.1, -0.05) is 13.8 Å². The van der Waals surface area contributed by atoms with Crippen LogP contribution in [0.1, 0.15) is 46.5 Å². The predicted octanol–water partition coefficient (Wildman–Crippen LogP) is 2.98. The molecular weight excluding hydrogens is 240 g/mol. The molecule has 0 spiro atoms. The first-order chi connectivity index (χ1) is 8.68. The average molecular weight is 270 g/mol. The maximum atomic E-state index is 3.80. The third kappa shape index (κ3) is 3.88. The lowest BCUT2D eigenvalue weighted by Crippen LogP contribution is -2.63. The third-order valence-electron chi connectivity index (χ3n) is 4.64. The quantitative estimate of drug-likeness (QED) is 0.716. The first kappa shape index (κ1) is 14.7. The second kappa shape index (κ2) is 6.62. The molecule has 1 saturated carbocycles. The molecule has 0 amide bonds. The second-order valence-corrected chi connectivity index (χ2v) is 7.61. The zero-order valence-electron chi connectivity index (χ0n) is 12.4. The summed E-state index contributed by atoms with van der Waals surface area (Å²) >= 11 is 2.09. The summed E-state index contributed by atoms with van der Waals surface area (Å²) in [4.78, 5) is 2.80. The van der Waals surface area contributed by atoms with Crippen LogP contribution in [0.5, 0.6) is 0 Å². The van der Waals surface area contributed by atoms with Crippen molar-refractivity contribution in [1.82, 2.24) is 10.2 Å². The Morgan fingerprint density at radius 3 is 2.72 bits per heavy atom. The van der Waals surface area contributed by atoms with Gasteiger partial charge in [0.15, 0.2) is 0 Å². The highest BCUT2D eigenvalue weighted by molar-refractivity contribution is 7.99. The number of piperazine rings is 1. The maximum Gasteiger partial charge on any atom is 0.0278 e. The van der Waals surface area contributed by atoms with Gasteiger partial charge in [-0.25, -0.2) is 0 Å². The number of rotatable bonds is 7. The Morgan fingerprint density at radius 1 is 1.33 bits per heavy atom. The lowest BCUT2D eigenvalue weighted by Gasteiger charge is -2.46. The van der Waals surface area contributed by atoms with Crippen molar-refractivity contribution in [2.75, 3.05) is 31.1 Å².